The lowest BCUT2D eigenvalue weighted by atomic mass is 10.1. The molecule has 1 N–H and O–H groups in total. The van der Waals surface area contributed by atoms with Crippen LogP contribution in [0.25, 0.3) is 0 Å². The first-order valence-corrected chi connectivity index (χ1v) is 15.8. The van der Waals surface area contributed by atoms with Crippen molar-refractivity contribution >= 4 is 51.2 Å². The molecular weight excluding hydrogens is 574 g/mol. The Kier molecular flexibility index (Phi) is 8.39. The Morgan fingerprint density at radius 3 is 0.957 bits per heavy atom. The minimum absolute atomic E-state index is 0.229. The number of anilines is 9. The largest absolute Gasteiger partial charge is 0.508 e. The number of phenolic OH excluding ortho intramolecular Hbond substituents is 1. The summed E-state index contributed by atoms with van der Waals surface area (Å²) in [4.78, 5) is 6.71. The highest BCUT2D eigenvalue weighted by Gasteiger charge is 2.18. The summed E-state index contributed by atoms with van der Waals surface area (Å²) >= 11 is 0. The van der Waals surface area contributed by atoms with Crippen molar-refractivity contribution in [3.05, 3.63) is 194 Å². The first-order chi connectivity index (χ1) is 23.1. The van der Waals surface area contributed by atoms with E-state index in [2.05, 4.69) is 155 Å². The van der Waals surface area contributed by atoms with Crippen molar-refractivity contribution in [1.82, 2.24) is 0 Å². The topological polar surface area (TPSA) is 30.0 Å². The van der Waals surface area contributed by atoms with Crippen molar-refractivity contribution in [2.24, 2.45) is 0 Å². The van der Waals surface area contributed by atoms with E-state index in [-0.39, 0.29) is 5.75 Å². The molecular formula is C43H35N3O. The van der Waals surface area contributed by atoms with Crippen LogP contribution in [0.4, 0.5) is 51.2 Å². The van der Waals surface area contributed by atoms with Gasteiger partial charge in [0.25, 0.3) is 0 Å². The van der Waals surface area contributed by atoms with E-state index >= 15 is 0 Å². The average molecular weight is 610 g/mol. The second kappa shape index (κ2) is 13.4. The average Bonchev–Trinajstić information content (AvgIpc) is 3.12. The van der Waals surface area contributed by atoms with Gasteiger partial charge >= 0.3 is 0 Å². The van der Waals surface area contributed by atoms with E-state index in [0.717, 1.165) is 51.2 Å². The van der Waals surface area contributed by atoms with Crippen molar-refractivity contribution in [1.29, 1.82) is 0 Å². The van der Waals surface area contributed by atoms with Crippen LogP contribution in [0.2, 0.25) is 0 Å². The first kappa shape index (κ1) is 29.5. The minimum atomic E-state index is 0.229. The predicted octanol–water partition coefficient (Wildman–Crippen LogP) is 12.1. The summed E-state index contributed by atoms with van der Waals surface area (Å²) in [5, 5.41) is 10.3. The van der Waals surface area contributed by atoms with Gasteiger partial charge in [-0.3, -0.25) is 0 Å². The lowest BCUT2D eigenvalue weighted by molar-refractivity contribution is 0.475. The fraction of sp³-hybridized carbons (Fsp3) is 0.0233. The standard InChI is InChI=1S/C43H35N3O/c1-33-13-11-20-41(31-33)45(35-16-7-3-8-17-35)39-27-23-37(24-28-39)44(34-14-5-2-6-15-34)38-25-29-40(30-26-38)46(36-18-9-4-10-19-36)42-21-12-22-43(47)32-42/h2-32,47H,1H3. The van der Waals surface area contributed by atoms with E-state index in [4.69, 9.17) is 0 Å². The Bertz CT molecular complexity index is 1910. The Morgan fingerprint density at radius 2 is 0.596 bits per heavy atom. The van der Waals surface area contributed by atoms with Crippen molar-refractivity contribution in [2.45, 2.75) is 6.92 Å². The van der Waals surface area contributed by atoms with Gasteiger partial charge in [-0.1, -0.05) is 72.8 Å². The number of aromatic hydroxyl groups is 1. The van der Waals surface area contributed by atoms with E-state index in [1.807, 2.05) is 42.5 Å². The third kappa shape index (κ3) is 6.44. The number of nitrogens with zero attached hydrogens (tertiary/aromatic N) is 3. The number of rotatable bonds is 9. The van der Waals surface area contributed by atoms with E-state index in [9.17, 15) is 5.11 Å². The normalized spacial score (nSPS) is 10.7. The van der Waals surface area contributed by atoms with Crippen LogP contribution in [0.5, 0.6) is 5.75 Å². The Morgan fingerprint density at radius 1 is 0.298 bits per heavy atom. The summed E-state index contributed by atoms with van der Waals surface area (Å²) in [7, 11) is 0. The van der Waals surface area contributed by atoms with Gasteiger partial charge in [-0.05, 0) is 122 Å². The van der Waals surface area contributed by atoms with Crippen molar-refractivity contribution in [2.75, 3.05) is 14.7 Å². The Labute approximate surface area is 276 Å². The molecule has 0 unspecified atom stereocenters. The molecule has 228 valence electrons. The maximum Gasteiger partial charge on any atom is 0.117 e. The summed E-state index contributed by atoms with van der Waals surface area (Å²) < 4.78 is 0. The third-order valence-corrected chi connectivity index (χ3v) is 8.12. The molecule has 4 heteroatoms. The van der Waals surface area contributed by atoms with Crippen LogP contribution in [0.3, 0.4) is 0 Å². The van der Waals surface area contributed by atoms with Gasteiger partial charge < -0.3 is 19.8 Å². The Balaban J connectivity index is 1.27. The van der Waals surface area contributed by atoms with Gasteiger partial charge in [-0.25, -0.2) is 0 Å². The minimum Gasteiger partial charge on any atom is -0.508 e. The summed E-state index contributed by atoms with van der Waals surface area (Å²) in [5.74, 6) is 0.229. The zero-order valence-corrected chi connectivity index (χ0v) is 26.2. The zero-order chi connectivity index (χ0) is 32.0. The molecule has 0 saturated carbocycles. The summed E-state index contributed by atoms with van der Waals surface area (Å²) in [5.41, 5.74) is 10.6. The molecule has 0 spiro atoms. The van der Waals surface area contributed by atoms with E-state index in [1.165, 1.54) is 5.56 Å². The molecule has 0 saturated heterocycles. The third-order valence-electron chi connectivity index (χ3n) is 8.12. The van der Waals surface area contributed by atoms with Crippen LogP contribution >= 0.6 is 0 Å². The molecule has 0 atom stereocenters. The molecule has 0 aliphatic carbocycles. The van der Waals surface area contributed by atoms with Crippen LogP contribution in [0.1, 0.15) is 5.56 Å². The zero-order valence-electron chi connectivity index (χ0n) is 26.2. The smallest absolute Gasteiger partial charge is 0.117 e. The van der Waals surface area contributed by atoms with Crippen LogP contribution < -0.4 is 14.7 Å². The molecule has 0 amide bonds. The van der Waals surface area contributed by atoms with E-state index in [0.29, 0.717) is 0 Å². The quantitative estimate of drug-likeness (QED) is 0.176. The number of phenols is 1. The van der Waals surface area contributed by atoms with E-state index in [1.54, 1.807) is 12.1 Å². The number of aryl methyl sites for hydroxylation is 1. The molecule has 7 rings (SSSR count). The van der Waals surface area contributed by atoms with Gasteiger partial charge in [0.05, 0.1) is 0 Å². The molecule has 0 heterocycles. The van der Waals surface area contributed by atoms with Gasteiger partial charge in [0.2, 0.25) is 0 Å². The molecule has 47 heavy (non-hydrogen) atoms. The molecule has 7 aromatic carbocycles. The molecule has 0 radical (unpaired) electrons. The van der Waals surface area contributed by atoms with Gasteiger partial charge in [0, 0.05) is 57.3 Å². The SMILES string of the molecule is Cc1cccc(N(c2ccccc2)c2ccc(N(c3ccccc3)c3ccc(N(c4ccccc4)c4cccc(O)c4)cc3)cc2)c1. The van der Waals surface area contributed by atoms with Crippen molar-refractivity contribution in [3.63, 3.8) is 0 Å². The van der Waals surface area contributed by atoms with Gasteiger partial charge in [0.1, 0.15) is 5.75 Å². The van der Waals surface area contributed by atoms with Gasteiger partial charge in [0.15, 0.2) is 0 Å². The monoisotopic (exact) mass is 609 g/mol. The molecule has 0 bridgehead atoms. The number of benzene rings is 7. The Hall–Kier alpha value is -6.26. The molecule has 0 aliphatic rings. The van der Waals surface area contributed by atoms with Crippen LogP contribution in [-0.4, -0.2) is 5.11 Å². The molecule has 4 nitrogen and oxygen atoms in total. The van der Waals surface area contributed by atoms with Crippen molar-refractivity contribution < 1.29 is 5.11 Å². The highest BCUT2D eigenvalue weighted by Crippen LogP contribution is 2.41. The molecule has 7 aromatic rings. The molecule has 0 aromatic heterocycles. The predicted molar refractivity (Wildman–Crippen MR) is 197 cm³/mol. The first-order valence-electron chi connectivity index (χ1n) is 15.8. The van der Waals surface area contributed by atoms with Gasteiger partial charge in [-0.15, -0.1) is 0 Å². The second-order valence-electron chi connectivity index (χ2n) is 11.4. The number of hydrogen-bond donors (Lipinski definition) is 1. The van der Waals surface area contributed by atoms with Crippen LogP contribution in [-0.2, 0) is 0 Å². The maximum atomic E-state index is 10.3. The lowest BCUT2D eigenvalue weighted by Gasteiger charge is -2.29. The maximum absolute atomic E-state index is 10.3. The van der Waals surface area contributed by atoms with E-state index < -0.39 is 0 Å². The summed E-state index contributed by atoms with van der Waals surface area (Å²) in [6.45, 7) is 2.13. The number of hydrogen-bond acceptors (Lipinski definition) is 4. The van der Waals surface area contributed by atoms with Crippen LogP contribution in [0, 0.1) is 6.92 Å². The molecule has 0 aliphatic heterocycles. The fourth-order valence-corrected chi connectivity index (χ4v) is 5.97. The number of para-hydroxylation sites is 3. The highest BCUT2D eigenvalue weighted by molar-refractivity contribution is 5.83. The van der Waals surface area contributed by atoms with Crippen molar-refractivity contribution in [3.8, 4) is 5.75 Å². The fourth-order valence-electron chi connectivity index (χ4n) is 5.97. The summed E-state index contributed by atoms with van der Waals surface area (Å²) in [6.07, 6.45) is 0. The summed E-state index contributed by atoms with van der Waals surface area (Å²) in [6, 6.07) is 64.4. The molecule has 0 fully saturated rings. The lowest BCUT2D eigenvalue weighted by Crippen LogP contribution is -2.13. The van der Waals surface area contributed by atoms with Crippen LogP contribution in [0.15, 0.2) is 188 Å². The van der Waals surface area contributed by atoms with Gasteiger partial charge in [-0.2, -0.15) is 0 Å². The second-order valence-corrected chi connectivity index (χ2v) is 11.4. The highest BCUT2D eigenvalue weighted by atomic mass is 16.3.